The van der Waals surface area contributed by atoms with Gasteiger partial charge in [-0.3, -0.25) is 4.90 Å². The summed E-state index contributed by atoms with van der Waals surface area (Å²) in [6.07, 6.45) is 3.08. The van der Waals surface area contributed by atoms with E-state index in [0.717, 1.165) is 38.2 Å². The molecule has 1 aromatic rings. The minimum Gasteiger partial charge on any atom is -0.377 e. The monoisotopic (exact) mass is 274 g/mol. The predicted molar refractivity (Wildman–Crippen MR) is 69.6 cm³/mol. The molecule has 0 bridgehead atoms. The highest BCUT2D eigenvalue weighted by Gasteiger charge is 2.16. The Labute approximate surface area is 112 Å². The van der Waals surface area contributed by atoms with Crippen LogP contribution in [0.2, 0.25) is 10.2 Å². The highest BCUT2D eigenvalue weighted by Crippen LogP contribution is 2.21. The molecule has 0 aliphatic carbocycles. The third-order valence-electron chi connectivity index (χ3n) is 2.83. The summed E-state index contributed by atoms with van der Waals surface area (Å²) in [5, 5.41) is 1.12. The van der Waals surface area contributed by atoms with E-state index in [1.807, 2.05) is 0 Å². The van der Waals surface area contributed by atoms with E-state index in [1.165, 1.54) is 0 Å². The zero-order valence-electron chi connectivity index (χ0n) is 9.83. The molecule has 0 aromatic carbocycles. The number of rotatable bonds is 2. The van der Waals surface area contributed by atoms with Gasteiger partial charge in [0.1, 0.15) is 5.15 Å². The number of halogens is 2. The van der Waals surface area contributed by atoms with Crippen LogP contribution in [0, 0.1) is 0 Å². The zero-order chi connectivity index (χ0) is 12.3. The molecular formula is C12H16Cl2N2O. The van der Waals surface area contributed by atoms with Crippen LogP contribution in [-0.4, -0.2) is 35.7 Å². The minimum absolute atomic E-state index is 0.275. The van der Waals surface area contributed by atoms with Crippen molar-refractivity contribution in [3.63, 3.8) is 0 Å². The van der Waals surface area contributed by atoms with Crippen molar-refractivity contribution in [3.05, 3.63) is 28.0 Å². The van der Waals surface area contributed by atoms with E-state index in [-0.39, 0.29) is 6.10 Å². The fraction of sp³-hybridized carbons (Fsp3) is 0.583. The molecule has 0 radical (unpaired) electrons. The smallest absolute Gasteiger partial charge is 0.130 e. The molecule has 1 unspecified atom stereocenters. The second-order valence-corrected chi connectivity index (χ2v) is 5.16. The van der Waals surface area contributed by atoms with E-state index in [4.69, 9.17) is 27.9 Å². The summed E-state index contributed by atoms with van der Waals surface area (Å²) < 4.78 is 5.61. The van der Waals surface area contributed by atoms with E-state index in [9.17, 15) is 0 Å². The lowest BCUT2D eigenvalue weighted by molar-refractivity contribution is 0.0668. The lowest BCUT2D eigenvalue weighted by Crippen LogP contribution is -2.29. The first-order valence-corrected chi connectivity index (χ1v) is 6.54. The second-order valence-electron chi connectivity index (χ2n) is 4.37. The molecule has 1 aliphatic heterocycles. The number of pyridine rings is 1. The Kier molecular flexibility index (Phi) is 4.62. The quantitative estimate of drug-likeness (QED) is 0.776. The number of ether oxygens (including phenoxy) is 1. The van der Waals surface area contributed by atoms with Crippen LogP contribution in [0.4, 0.5) is 0 Å². The van der Waals surface area contributed by atoms with Gasteiger partial charge in [0, 0.05) is 43.0 Å². The van der Waals surface area contributed by atoms with Crippen molar-refractivity contribution in [2.24, 2.45) is 0 Å². The first kappa shape index (κ1) is 13.1. The third kappa shape index (κ3) is 3.81. The van der Waals surface area contributed by atoms with Crippen LogP contribution in [0.3, 0.4) is 0 Å². The first-order valence-electron chi connectivity index (χ1n) is 5.79. The number of hydrogen-bond donors (Lipinski definition) is 0. The van der Waals surface area contributed by atoms with Gasteiger partial charge in [-0.25, -0.2) is 4.98 Å². The number of hydrogen-bond acceptors (Lipinski definition) is 3. The van der Waals surface area contributed by atoms with Crippen LogP contribution in [-0.2, 0) is 11.3 Å². The summed E-state index contributed by atoms with van der Waals surface area (Å²) >= 11 is 11.9. The maximum Gasteiger partial charge on any atom is 0.130 e. The Morgan fingerprint density at radius 2 is 2.35 bits per heavy atom. The van der Waals surface area contributed by atoms with E-state index < -0.39 is 0 Å². The molecule has 0 N–H and O–H groups in total. The van der Waals surface area contributed by atoms with Gasteiger partial charge < -0.3 is 4.74 Å². The maximum absolute atomic E-state index is 6.14. The molecule has 0 spiro atoms. The number of aromatic nitrogens is 1. The highest BCUT2D eigenvalue weighted by atomic mass is 35.5. The lowest BCUT2D eigenvalue weighted by Gasteiger charge is -2.22. The van der Waals surface area contributed by atoms with Crippen molar-refractivity contribution in [2.45, 2.75) is 26.0 Å². The van der Waals surface area contributed by atoms with Crippen LogP contribution in [0.5, 0.6) is 0 Å². The molecule has 0 amide bonds. The SMILES string of the molecule is CC1CN(Cc2cnc(Cl)cc2Cl)CCCO1. The first-order chi connectivity index (χ1) is 8.15. The standard InChI is InChI=1S/C12H16Cl2N2O/c1-9-7-16(3-2-4-17-9)8-10-6-15-12(14)5-11(10)13/h5-6,9H,2-4,7-8H2,1H3. The largest absolute Gasteiger partial charge is 0.377 e. The third-order valence-corrected chi connectivity index (χ3v) is 3.39. The fourth-order valence-electron chi connectivity index (χ4n) is 2.02. The molecule has 1 saturated heterocycles. The molecule has 2 heterocycles. The topological polar surface area (TPSA) is 25.4 Å². The van der Waals surface area contributed by atoms with E-state index in [1.54, 1.807) is 12.3 Å². The van der Waals surface area contributed by atoms with Crippen LogP contribution in [0.25, 0.3) is 0 Å². The highest BCUT2D eigenvalue weighted by molar-refractivity contribution is 6.34. The van der Waals surface area contributed by atoms with Gasteiger partial charge in [-0.15, -0.1) is 0 Å². The van der Waals surface area contributed by atoms with Crippen molar-refractivity contribution in [1.29, 1.82) is 0 Å². The molecule has 1 atom stereocenters. The molecule has 94 valence electrons. The molecule has 1 aromatic heterocycles. The maximum atomic E-state index is 6.14. The van der Waals surface area contributed by atoms with Crippen molar-refractivity contribution >= 4 is 23.2 Å². The number of nitrogens with zero attached hydrogens (tertiary/aromatic N) is 2. The van der Waals surface area contributed by atoms with Crippen molar-refractivity contribution in [2.75, 3.05) is 19.7 Å². The molecule has 3 nitrogen and oxygen atoms in total. The molecular weight excluding hydrogens is 259 g/mol. The Balaban J connectivity index is 2.03. The Hall–Kier alpha value is -0.350. The summed E-state index contributed by atoms with van der Waals surface area (Å²) in [7, 11) is 0. The average molecular weight is 275 g/mol. The molecule has 5 heteroatoms. The van der Waals surface area contributed by atoms with Crippen LogP contribution < -0.4 is 0 Å². The minimum atomic E-state index is 0.275. The van der Waals surface area contributed by atoms with Gasteiger partial charge in [0.15, 0.2) is 0 Å². The van der Waals surface area contributed by atoms with Gasteiger partial charge in [0.2, 0.25) is 0 Å². The Morgan fingerprint density at radius 1 is 1.53 bits per heavy atom. The zero-order valence-corrected chi connectivity index (χ0v) is 11.3. The van der Waals surface area contributed by atoms with Gasteiger partial charge in [-0.2, -0.15) is 0 Å². The van der Waals surface area contributed by atoms with E-state index in [2.05, 4.69) is 16.8 Å². The summed E-state index contributed by atoms with van der Waals surface area (Å²) in [6.45, 7) is 5.70. The van der Waals surface area contributed by atoms with Crippen molar-refractivity contribution in [3.8, 4) is 0 Å². The summed E-state index contributed by atoms with van der Waals surface area (Å²) in [4.78, 5) is 6.41. The van der Waals surface area contributed by atoms with Gasteiger partial charge in [0.05, 0.1) is 6.10 Å². The molecule has 17 heavy (non-hydrogen) atoms. The lowest BCUT2D eigenvalue weighted by atomic mass is 10.2. The molecule has 1 aliphatic rings. The second kappa shape index (κ2) is 6.01. The van der Waals surface area contributed by atoms with Crippen LogP contribution in [0.15, 0.2) is 12.3 Å². The summed E-state index contributed by atoms with van der Waals surface area (Å²) in [5.74, 6) is 0. The van der Waals surface area contributed by atoms with Gasteiger partial charge in [-0.1, -0.05) is 23.2 Å². The van der Waals surface area contributed by atoms with E-state index >= 15 is 0 Å². The predicted octanol–water partition coefficient (Wildman–Crippen LogP) is 3.00. The van der Waals surface area contributed by atoms with E-state index in [0.29, 0.717) is 10.2 Å². The average Bonchev–Trinajstić information content (AvgIpc) is 2.47. The van der Waals surface area contributed by atoms with Gasteiger partial charge in [-0.05, 0) is 19.4 Å². The molecule has 0 saturated carbocycles. The molecule has 1 fully saturated rings. The Morgan fingerprint density at radius 3 is 3.12 bits per heavy atom. The fourth-order valence-corrected chi connectivity index (χ4v) is 2.44. The van der Waals surface area contributed by atoms with Gasteiger partial charge in [0.25, 0.3) is 0 Å². The normalized spacial score (nSPS) is 22.4. The molecule has 2 rings (SSSR count). The van der Waals surface area contributed by atoms with Crippen LogP contribution >= 0.6 is 23.2 Å². The Bertz CT molecular complexity index is 387. The van der Waals surface area contributed by atoms with Crippen LogP contribution in [0.1, 0.15) is 18.9 Å². The summed E-state index contributed by atoms with van der Waals surface area (Å²) in [6, 6.07) is 1.69. The van der Waals surface area contributed by atoms with Crippen molar-refractivity contribution in [1.82, 2.24) is 9.88 Å². The van der Waals surface area contributed by atoms with Gasteiger partial charge >= 0.3 is 0 Å². The van der Waals surface area contributed by atoms with Crippen molar-refractivity contribution < 1.29 is 4.74 Å². The summed E-state index contributed by atoms with van der Waals surface area (Å²) in [5.41, 5.74) is 1.02.